The SMILES string of the molecule is CCn1c2ccccc2c2cc(NC(=O)CSc3cccc(NC(=O)/C=C/C(=O)O)c3)ccc21. The molecule has 0 atom stereocenters. The van der Waals surface area contributed by atoms with Crippen LogP contribution in [0.15, 0.2) is 83.8 Å². The summed E-state index contributed by atoms with van der Waals surface area (Å²) in [6.07, 6.45) is 1.72. The fourth-order valence-corrected chi connectivity index (χ4v) is 4.57. The number of nitrogens with zero attached hydrogens (tertiary/aromatic N) is 1. The van der Waals surface area contributed by atoms with Gasteiger partial charge in [0, 0.05) is 56.8 Å². The Hall–Kier alpha value is -4.04. The van der Waals surface area contributed by atoms with Crippen LogP contribution >= 0.6 is 11.8 Å². The normalized spacial score (nSPS) is 11.2. The molecule has 7 nitrogen and oxygen atoms in total. The Labute approximate surface area is 200 Å². The van der Waals surface area contributed by atoms with Crippen molar-refractivity contribution in [1.29, 1.82) is 0 Å². The zero-order chi connectivity index (χ0) is 24.1. The number of carbonyl (C=O) groups is 3. The highest BCUT2D eigenvalue weighted by atomic mass is 32.2. The van der Waals surface area contributed by atoms with Gasteiger partial charge in [-0.25, -0.2) is 4.79 Å². The highest BCUT2D eigenvalue weighted by Crippen LogP contribution is 2.31. The molecule has 1 heterocycles. The minimum absolute atomic E-state index is 0.137. The van der Waals surface area contributed by atoms with Crippen LogP contribution < -0.4 is 10.6 Å². The summed E-state index contributed by atoms with van der Waals surface area (Å²) in [6.45, 7) is 2.98. The molecule has 0 saturated carbocycles. The standard InChI is InChI=1S/C26H23N3O4S/c1-2-29-22-9-4-3-8-20(22)21-15-18(10-11-23(21)29)28-25(31)16-34-19-7-5-6-17(14-19)27-24(30)12-13-26(32)33/h3-15H,2,16H2,1H3,(H,27,30)(H,28,31)(H,32,33)/b13-12+. The van der Waals surface area contributed by atoms with Gasteiger partial charge < -0.3 is 20.3 Å². The molecule has 3 N–H and O–H groups in total. The second-order valence-corrected chi connectivity index (χ2v) is 8.57. The molecule has 4 rings (SSSR count). The van der Waals surface area contributed by atoms with Crippen LogP contribution in [0.1, 0.15) is 6.92 Å². The van der Waals surface area contributed by atoms with E-state index in [4.69, 9.17) is 5.11 Å². The summed E-state index contributed by atoms with van der Waals surface area (Å²) in [6, 6.07) is 21.2. The second kappa shape index (κ2) is 10.3. The number of carboxylic acid groups (broad SMARTS) is 1. The van der Waals surface area contributed by atoms with Crippen LogP contribution in [-0.2, 0) is 20.9 Å². The minimum atomic E-state index is -1.19. The third kappa shape index (κ3) is 5.29. The second-order valence-electron chi connectivity index (χ2n) is 7.52. The Kier molecular flexibility index (Phi) is 6.98. The molecule has 0 aliphatic heterocycles. The predicted octanol–water partition coefficient (Wildman–Crippen LogP) is 5.12. The molecule has 0 spiro atoms. The number of carboxylic acids is 1. The first-order chi connectivity index (χ1) is 16.4. The first kappa shape index (κ1) is 23.1. The van der Waals surface area contributed by atoms with Gasteiger partial charge in [0.15, 0.2) is 0 Å². The van der Waals surface area contributed by atoms with Crippen LogP contribution in [0.2, 0.25) is 0 Å². The van der Waals surface area contributed by atoms with E-state index in [2.05, 4.69) is 34.3 Å². The van der Waals surface area contributed by atoms with Crippen molar-refractivity contribution in [3.63, 3.8) is 0 Å². The maximum Gasteiger partial charge on any atom is 0.328 e. The maximum atomic E-state index is 12.6. The van der Waals surface area contributed by atoms with Crippen molar-refractivity contribution < 1.29 is 19.5 Å². The van der Waals surface area contributed by atoms with E-state index in [0.717, 1.165) is 45.6 Å². The number of aromatic nitrogens is 1. The van der Waals surface area contributed by atoms with E-state index in [0.29, 0.717) is 5.69 Å². The van der Waals surface area contributed by atoms with E-state index < -0.39 is 11.9 Å². The molecule has 0 unspecified atom stereocenters. The molecule has 172 valence electrons. The van der Waals surface area contributed by atoms with Gasteiger partial charge >= 0.3 is 5.97 Å². The number of anilines is 2. The summed E-state index contributed by atoms with van der Waals surface area (Å²) in [5.41, 5.74) is 3.56. The van der Waals surface area contributed by atoms with Gasteiger partial charge in [-0.3, -0.25) is 9.59 Å². The summed E-state index contributed by atoms with van der Waals surface area (Å²) >= 11 is 1.34. The minimum Gasteiger partial charge on any atom is -0.478 e. The molecule has 4 aromatic rings. The highest BCUT2D eigenvalue weighted by Gasteiger charge is 2.11. The van der Waals surface area contributed by atoms with E-state index in [1.807, 2.05) is 36.4 Å². The van der Waals surface area contributed by atoms with Crippen LogP contribution in [-0.4, -0.2) is 33.2 Å². The molecular weight excluding hydrogens is 450 g/mol. The number of aliphatic carboxylic acids is 1. The fraction of sp³-hybridized carbons (Fsp3) is 0.115. The number of nitrogens with one attached hydrogen (secondary N) is 2. The highest BCUT2D eigenvalue weighted by molar-refractivity contribution is 8.00. The zero-order valence-corrected chi connectivity index (χ0v) is 19.3. The lowest BCUT2D eigenvalue weighted by Gasteiger charge is -2.08. The lowest BCUT2D eigenvalue weighted by molar-refractivity contribution is -0.131. The molecule has 0 aliphatic rings. The van der Waals surface area contributed by atoms with Crippen LogP contribution in [0.25, 0.3) is 21.8 Å². The van der Waals surface area contributed by atoms with E-state index in [-0.39, 0.29) is 11.7 Å². The van der Waals surface area contributed by atoms with Crippen molar-refractivity contribution in [1.82, 2.24) is 4.57 Å². The predicted molar refractivity (Wildman–Crippen MR) is 136 cm³/mol. The van der Waals surface area contributed by atoms with Crippen molar-refractivity contribution in [2.24, 2.45) is 0 Å². The van der Waals surface area contributed by atoms with Gasteiger partial charge in [0.1, 0.15) is 0 Å². The van der Waals surface area contributed by atoms with Gasteiger partial charge in [0.25, 0.3) is 0 Å². The monoisotopic (exact) mass is 473 g/mol. The molecule has 1 aromatic heterocycles. The Bertz CT molecular complexity index is 1420. The average Bonchev–Trinajstić information content (AvgIpc) is 3.15. The van der Waals surface area contributed by atoms with E-state index in [9.17, 15) is 14.4 Å². The number of benzene rings is 3. The van der Waals surface area contributed by atoms with Gasteiger partial charge in [-0.1, -0.05) is 24.3 Å². The summed E-state index contributed by atoms with van der Waals surface area (Å²) in [5.74, 6) is -1.67. The van der Waals surface area contributed by atoms with E-state index >= 15 is 0 Å². The number of hydrogen-bond acceptors (Lipinski definition) is 4. The quantitative estimate of drug-likeness (QED) is 0.243. The molecule has 0 radical (unpaired) electrons. The first-order valence-electron chi connectivity index (χ1n) is 10.7. The smallest absolute Gasteiger partial charge is 0.328 e. The van der Waals surface area contributed by atoms with Crippen LogP contribution in [0.5, 0.6) is 0 Å². The van der Waals surface area contributed by atoms with Crippen LogP contribution in [0.3, 0.4) is 0 Å². The summed E-state index contributed by atoms with van der Waals surface area (Å²) in [7, 11) is 0. The Morgan fingerprint density at radius 3 is 2.44 bits per heavy atom. The third-order valence-electron chi connectivity index (χ3n) is 5.22. The molecule has 3 aromatic carbocycles. The van der Waals surface area contributed by atoms with E-state index in [1.54, 1.807) is 18.2 Å². The van der Waals surface area contributed by atoms with Gasteiger partial charge in [0.05, 0.1) is 5.75 Å². The largest absolute Gasteiger partial charge is 0.478 e. The maximum absolute atomic E-state index is 12.6. The fourth-order valence-electron chi connectivity index (χ4n) is 3.81. The van der Waals surface area contributed by atoms with Crippen molar-refractivity contribution >= 4 is 62.7 Å². The number of carbonyl (C=O) groups excluding carboxylic acids is 2. The van der Waals surface area contributed by atoms with Crippen molar-refractivity contribution in [3.05, 3.63) is 78.9 Å². The molecule has 2 amide bonds. The number of aryl methyl sites for hydroxylation is 1. The third-order valence-corrected chi connectivity index (χ3v) is 6.21. The van der Waals surface area contributed by atoms with Gasteiger partial charge in [-0.15, -0.1) is 11.8 Å². The van der Waals surface area contributed by atoms with Crippen LogP contribution in [0.4, 0.5) is 11.4 Å². The van der Waals surface area contributed by atoms with Gasteiger partial charge in [-0.05, 0) is 49.4 Å². The van der Waals surface area contributed by atoms with Crippen molar-refractivity contribution in [2.45, 2.75) is 18.4 Å². The van der Waals surface area contributed by atoms with Gasteiger partial charge in [0.2, 0.25) is 11.8 Å². The first-order valence-corrected chi connectivity index (χ1v) is 11.7. The van der Waals surface area contributed by atoms with Gasteiger partial charge in [-0.2, -0.15) is 0 Å². The van der Waals surface area contributed by atoms with Crippen LogP contribution in [0, 0.1) is 0 Å². The molecule has 0 bridgehead atoms. The number of para-hydroxylation sites is 1. The summed E-state index contributed by atoms with van der Waals surface area (Å²) in [5, 5.41) is 16.4. The number of hydrogen-bond donors (Lipinski definition) is 3. The Balaban J connectivity index is 1.41. The lowest BCUT2D eigenvalue weighted by atomic mass is 10.1. The molecular formula is C26H23N3O4S. The number of rotatable bonds is 8. The lowest BCUT2D eigenvalue weighted by Crippen LogP contribution is -2.14. The number of fused-ring (bicyclic) bond motifs is 3. The number of amides is 2. The Morgan fingerprint density at radius 1 is 0.882 bits per heavy atom. The van der Waals surface area contributed by atoms with E-state index in [1.165, 1.54) is 17.3 Å². The topological polar surface area (TPSA) is 100 Å². The average molecular weight is 474 g/mol. The van der Waals surface area contributed by atoms with Crippen molar-refractivity contribution in [3.8, 4) is 0 Å². The molecule has 0 fully saturated rings. The number of thioether (sulfide) groups is 1. The zero-order valence-electron chi connectivity index (χ0n) is 18.4. The molecule has 0 aliphatic carbocycles. The molecule has 34 heavy (non-hydrogen) atoms. The molecule has 0 saturated heterocycles. The summed E-state index contributed by atoms with van der Waals surface area (Å²) < 4.78 is 2.26. The Morgan fingerprint density at radius 2 is 1.65 bits per heavy atom. The van der Waals surface area contributed by atoms with Crippen molar-refractivity contribution in [2.75, 3.05) is 16.4 Å². The molecule has 8 heteroatoms. The summed E-state index contributed by atoms with van der Waals surface area (Å²) in [4.78, 5) is 35.7.